The molecule has 7 heteroatoms. The smallest absolute Gasteiger partial charge is 0.191 e. The van der Waals surface area contributed by atoms with Crippen molar-refractivity contribution in [3.8, 4) is 10.7 Å². The molecule has 3 heterocycles. The fourth-order valence-electron chi connectivity index (χ4n) is 2.47. The maximum Gasteiger partial charge on any atom is 0.191 e. The highest BCUT2D eigenvalue weighted by Gasteiger charge is 2.29. The molecule has 0 bridgehead atoms. The number of nitrogens with zero attached hydrogens (tertiary/aromatic N) is 5. The molecule has 0 amide bonds. The first-order chi connectivity index (χ1) is 11.3. The molecule has 0 atom stereocenters. The molecule has 1 fully saturated rings. The topological polar surface area (TPSA) is 56.5 Å². The number of hydrogen-bond donors (Lipinski definition) is 0. The molecular formula is C16H17N5S2. The van der Waals surface area contributed by atoms with Crippen molar-refractivity contribution >= 4 is 23.1 Å². The van der Waals surface area contributed by atoms with Gasteiger partial charge in [-0.25, -0.2) is 4.98 Å². The monoisotopic (exact) mass is 343 g/mol. The third-order valence-electron chi connectivity index (χ3n) is 3.79. The molecule has 3 aromatic heterocycles. The molecule has 0 saturated heterocycles. The van der Waals surface area contributed by atoms with Gasteiger partial charge in [-0.15, -0.1) is 21.5 Å². The zero-order chi connectivity index (χ0) is 15.6. The van der Waals surface area contributed by atoms with Crippen LogP contribution in [0.3, 0.4) is 0 Å². The van der Waals surface area contributed by atoms with Crippen LogP contribution in [0.25, 0.3) is 10.7 Å². The van der Waals surface area contributed by atoms with Crippen LogP contribution in [0.1, 0.15) is 37.2 Å². The first-order valence-corrected chi connectivity index (χ1v) is 9.63. The fraction of sp³-hybridized carbons (Fsp3) is 0.375. The van der Waals surface area contributed by atoms with E-state index in [1.165, 1.54) is 12.8 Å². The molecule has 3 aromatic rings. The van der Waals surface area contributed by atoms with Crippen LogP contribution < -0.4 is 0 Å². The van der Waals surface area contributed by atoms with Crippen molar-refractivity contribution in [2.24, 2.45) is 0 Å². The molecule has 0 N–H and O–H groups in total. The lowest BCUT2D eigenvalue weighted by Crippen LogP contribution is -2.02. The second-order valence-corrected chi connectivity index (χ2v) is 7.31. The molecule has 0 spiro atoms. The summed E-state index contributed by atoms with van der Waals surface area (Å²) < 4.78 is 2.24. The van der Waals surface area contributed by atoms with Gasteiger partial charge >= 0.3 is 0 Å². The lowest BCUT2D eigenvalue weighted by molar-refractivity contribution is 0.643. The Labute approximate surface area is 143 Å². The SMILES string of the molecule is CCn1c(SCc2csc(-c3ccccn3)n2)nnc1C1CC1. The number of thiazole rings is 1. The Morgan fingerprint density at radius 1 is 1.30 bits per heavy atom. The summed E-state index contributed by atoms with van der Waals surface area (Å²) in [6.07, 6.45) is 4.30. The van der Waals surface area contributed by atoms with Gasteiger partial charge in [-0.05, 0) is 31.9 Å². The van der Waals surface area contributed by atoms with Gasteiger partial charge in [0, 0.05) is 29.8 Å². The van der Waals surface area contributed by atoms with Gasteiger partial charge in [-0.3, -0.25) is 4.98 Å². The molecule has 118 valence electrons. The minimum absolute atomic E-state index is 0.631. The van der Waals surface area contributed by atoms with Crippen molar-refractivity contribution in [2.75, 3.05) is 0 Å². The van der Waals surface area contributed by atoms with Crippen LogP contribution in [0.4, 0.5) is 0 Å². The van der Waals surface area contributed by atoms with Crippen molar-refractivity contribution in [1.29, 1.82) is 0 Å². The van der Waals surface area contributed by atoms with Gasteiger partial charge in [0.2, 0.25) is 0 Å². The summed E-state index contributed by atoms with van der Waals surface area (Å²) in [5.74, 6) is 2.60. The van der Waals surface area contributed by atoms with E-state index in [1.807, 2.05) is 18.2 Å². The third kappa shape index (κ3) is 3.16. The Bertz CT molecular complexity index is 792. The second kappa shape index (κ2) is 6.41. The van der Waals surface area contributed by atoms with Crippen LogP contribution in [0.2, 0.25) is 0 Å². The highest BCUT2D eigenvalue weighted by atomic mass is 32.2. The van der Waals surface area contributed by atoms with Gasteiger partial charge in [0.1, 0.15) is 10.8 Å². The zero-order valence-corrected chi connectivity index (χ0v) is 14.5. The zero-order valence-electron chi connectivity index (χ0n) is 12.8. The van der Waals surface area contributed by atoms with Crippen LogP contribution >= 0.6 is 23.1 Å². The quantitative estimate of drug-likeness (QED) is 0.634. The van der Waals surface area contributed by atoms with E-state index in [1.54, 1.807) is 29.3 Å². The van der Waals surface area contributed by atoms with Crippen LogP contribution in [0, 0.1) is 0 Å². The highest BCUT2D eigenvalue weighted by Crippen LogP contribution is 2.40. The van der Waals surface area contributed by atoms with Crippen molar-refractivity contribution in [3.05, 3.63) is 41.3 Å². The fourth-order valence-corrected chi connectivity index (χ4v) is 4.27. The Balaban J connectivity index is 1.46. The standard InChI is InChI=1S/C16H17N5S2/c1-2-21-14(11-6-7-11)19-20-16(21)23-10-12-9-22-15(18-12)13-5-3-4-8-17-13/h3-5,8-9,11H,2,6-7,10H2,1H3. The predicted molar refractivity (Wildman–Crippen MR) is 92.6 cm³/mol. The Kier molecular flexibility index (Phi) is 4.13. The van der Waals surface area contributed by atoms with E-state index in [9.17, 15) is 0 Å². The number of hydrogen-bond acceptors (Lipinski definition) is 6. The number of rotatable bonds is 6. The lowest BCUT2D eigenvalue weighted by Gasteiger charge is -2.05. The molecular weight excluding hydrogens is 326 g/mol. The summed E-state index contributed by atoms with van der Waals surface area (Å²) in [4.78, 5) is 9.04. The van der Waals surface area contributed by atoms with E-state index in [2.05, 4.69) is 37.0 Å². The van der Waals surface area contributed by atoms with E-state index in [4.69, 9.17) is 0 Å². The van der Waals surface area contributed by atoms with E-state index in [-0.39, 0.29) is 0 Å². The van der Waals surface area contributed by atoms with E-state index in [0.717, 1.165) is 39.7 Å². The van der Waals surface area contributed by atoms with Crippen molar-refractivity contribution < 1.29 is 0 Å². The third-order valence-corrected chi connectivity index (χ3v) is 5.70. The maximum absolute atomic E-state index is 4.68. The molecule has 0 aromatic carbocycles. The maximum atomic E-state index is 4.68. The summed E-state index contributed by atoms with van der Waals surface area (Å²) in [6.45, 7) is 3.08. The summed E-state index contributed by atoms with van der Waals surface area (Å²) in [6, 6.07) is 5.90. The van der Waals surface area contributed by atoms with Crippen molar-refractivity contribution in [1.82, 2.24) is 24.7 Å². The first kappa shape index (κ1) is 14.8. The number of thioether (sulfide) groups is 1. The second-order valence-electron chi connectivity index (χ2n) is 5.51. The largest absolute Gasteiger partial charge is 0.306 e. The average Bonchev–Trinajstić information content (AvgIpc) is 3.19. The number of aromatic nitrogens is 5. The van der Waals surface area contributed by atoms with Crippen LogP contribution in [-0.4, -0.2) is 24.7 Å². The molecule has 23 heavy (non-hydrogen) atoms. The number of pyridine rings is 1. The lowest BCUT2D eigenvalue weighted by atomic mass is 10.4. The predicted octanol–water partition coefficient (Wildman–Crippen LogP) is 3.99. The molecule has 0 aliphatic heterocycles. The normalized spacial score (nSPS) is 14.3. The van der Waals surface area contributed by atoms with E-state index in [0.29, 0.717) is 5.92 Å². The van der Waals surface area contributed by atoms with Gasteiger partial charge in [0.25, 0.3) is 0 Å². The Morgan fingerprint density at radius 3 is 2.96 bits per heavy atom. The van der Waals surface area contributed by atoms with Crippen LogP contribution in [0.5, 0.6) is 0 Å². The van der Waals surface area contributed by atoms with Crippen molar-refractivity contribution in [2.45, 2.75) is 43.1 Å². The summed E-state index contributed by atoms with van der Waals surface area (Å²) >= 11 is 3.35. The van der Waals surface area contributed by atoms with Gasteiger partial charge in [0.15, 0.2) is 5.16 Å². The first-order valence-electron chi connectivity index (χ1n) is 7.77. The molecule has 0 radical (unpaired) electrons. The van der Waals surface area contributed by atoms with Crippen LogP contribution in [-0.2, 0) is 12.3 Å². The van der Waals surface area contributed by atoms with Gasteiger partial charge in [0.05, 0.1) is 11.4 Å². The molecule has 1 aliphatic carbocycles. The molecule has 1 saturated carbocycles. The van der Waals surface area contributed by atoms with Crippen molar-refractivity contribution in [3.63, 3.8) is 0 Å². The summed E-state index contributed by atoms with van der Waals surface area (Å²) in [5.41, 5.74) is 2.00. The molecule has 1 aliphatic rings. The summed E-state index contributed by atoms with van der Waals surface area (Å²) in [5, 5.41) is 12.8. The molecule has 0 unspecified atom stereocenters. The Morgan fingerprint density at radius 2 is 2.22 bits per heavy atom. The Hall–Kier alpha value is -1.73. The van der Waals surface area contributed by atoms with Gasteiger partial charge in [-0.1, -0.05) is 17.8 Å². The van der Waals surface area contributed by atoms with Gasteiger partial charge in [-0.2, -0.15) is 0 Å². The molecule has 5 nitrogen and oxygen atoms in total. The average molecular weight is 343 g/mol. The van der Waals surface area contributed by atoms with E-state index < -0.39 is 0 Å². The highest BCUT2D eigenvalue weighted by molar-refractivity contribution is 7.98. The molecule has 4 rings (SSSR count). The summed E-state index contributed by atoms with van der Waals surface area (Å²) in [7, 11) is 0. The minimum atomic E-state index is 0.631. The van der Waals surface area contributed by atoms with E-state index >= 15 is 0 Å². The van der Waals surface area contributed by atoms with Crippen LogP contribution in [0.15, 0.2) is 34.9 Å². The van der Waals surface area contributed by atoms with Gasteiger partial charge < -0.3 is 4.57 Å². The minimum Gasteiger partial charge on any atom is -0.306 e.